The fourth-order valence-electron chi connectivity index (χ4n) is 2.14. The van der Waals surface area contributed by atoms with Gasteiger partial charge in [0.1, 0.15) is 6.54 Å². The first-order valence-corrected chi connectivity index (χ1v) is 7.10. The molecule has 3 nitrogen and oxygen atoms in total. The number of anilines is 1. The van der Waals surface area contributed by atoms with Crippen molar-refractivity contribution in [1.82, 2.24) is 4.90 Å². The van der Waals surface area contributed by atoms with Crippen molar-refractivity contribution in [3.8, 4) is 0 Å². The van der Waals surface area contributed by atoms with Crippen LogP contribution in [0.2, 0.25) is 5.02 Å². The molecule has 0 saturated heterocycles. The van der Waals surface area contributed by atoms with Crippen LogP contribution in [-0.2, 0) is 0 Å². The van der Waals surface area contributed by atoms with Gasteiger partial charge < -0.3 is 10.2 Å². The predicted octanol–water partition coefficient (Wildman–Crippen LogP) is 3.94. The Kier molecular flexibility index (Phi) is 4.66. The Bertz CT molecular complexity index is 529. The normalized spacial score (nSPS) is 14.9. The van der Waals surface area contributed by atoms with Gasteiger partial charge in [0.2, 0.25) is 0 Å². The summed E-state index contributed by atoms with van der Waals surface area (Å²) in [6.07, 6.45) is -3.19. The minimum atomic E-state index is -4.41. The number of halogens is 4. The van der Waals surface area contributed by atoms with Crippen molar-refractivity contribution in [1.29, 1.82) is 0 Å². The van der Waals surface area contributed by atoms with Crippen molar-refractivity contribution in [3.05, 3.63) is 28.8 Å². The first kappa shape index (κ1) is 15.9. The molecule has 2 rings (SSSR count). The lowest BCUT2D eigenvalue weighted by molar-refractivity contribution is -0.141. The summed E-state index contributed by atoms with van der Waals surface area (Å²) in [6, 6.07) is 4.29. The molecule has 1 amide bonds. The van der Waals surface area contributed by atoms with Crippen LogP contribution in [0.1, 0.15) is 30.1 Å². The van der Waals surface area contributed by atoms with Crippen molar-refractivity contribution in [3.63, 3.8) is 0 Å². The summed E-state index contributed by atoms with van der Waals surface area (Å²) in [6.45, 7) is 1.18. The molecule has 0 aliphatic heterocycles. The van der Waals surface area contributed by atoms with Crippen molar-refractivity contribution < 1.29 is 18.0 Å². The fraction of sp³-hybridized carbons (Fsp3) is 0.500. The summed E-state index contributed by atoms with van der Waals surface area (Å²) >= 11 is 5.87. The second-order valence-corrected chi connectivity index (χ2v) is 5.44. The molecule has 1 fully saturated rings. The van der Waals surface area contributed by atoms with Crippen LogP contribution >= 0.6 is 11.6 Å². The second kappa shape index (κ2) is 6.13. The van der Waals surface area contributed by atoms with Crippen LogP contribution in [0.15, 0.2) is 18.2 Å². The van der Waals surface area contributed by atoms with Gasteiger partial charge in [-0.25, -0.2) is 0 Å². The summed E-state index contributed by atoms with van der Waals surface area (Å²) < 4.78 is 38.0. The second-order valence-electron chi connectivity index (χ2n) is 5.00. The van der Waals surface area contributed by atoms with Crippen LogP contribution < -0.4 is 5.32 Å². The molecular weight excluding hydrogens is 305 g/mol. The van der Waals surface area contributed by atoms with Crippen molar-refractivity contribution in [2.75, 3.05) is 18.4 Å². The number of nitrogens with zero attached hydrogens (tertiary/aromatic N) is 1. The molecule has 116 valence electrons. The van der Waals surface area contributed by atoms with E-state index in [9.17, 15) is 18.0 Å². The molecule has 7 heteroatoms. The Hall–Kier alpha value is -1.43. The fourth-order valence-corrected chi connectivity index (χ4v) is 2.31. The van der Waals surface area contributed by atoms with Gasteiger partial charge in [-0.05, 0) is 38.0 Å². The van der Waals surface area contributed by atoms with E-state index in [0.29, 0.717) is 30.1 Å². The van der Waals surface area contributed by atoms with E-state index in [1.807, 2.05) is 6.92 Å². The zero-order chi connectivity index (χ0) is 15.6. The number of benzene rings is 1. The topological polar surface area (TPSA) is 32.3 Å². The maximum Gasteiger partial charge on any atom is 0.406 e. The molecule has 1 aromatic carbocycles. The van der Waals surface area contributed by atoms with E-state index in [0.717, 1.165) is 4.90 Å². The molecule has 0 unspecified atom stereocenters. The van der Waals surface area contributed by atoms with E-state index in [4.69, 9.17) is 11.6 Å². The van der Waals surface area contributed by atoms with Crippen LogP contribution in [-0.4, -0.2) is 36.1 Å². The summed E-state index contributed by atoms with van der Waals surface area (Å²) in [5.41, 5.74) is 0.681. The SMILES string of the molecule is CCNc1ccc(Cl)cc1C(=O)N(CC(F)(F)F)C1CC1. The molecule has 0 bridgehead atoms. The maximum absolute atomic E-state index is 12.7. The van der Waals surface area contributed by atoms with Crippen LogP contribution in [0.3, 0.4) is 0 Å². The summed E-state index contributed by atoms with van der Waals surface area (Å²) in [4.78, 5) is 13.4. The highest BCUT2D eigenvalue weighted by Gasteiger charge is 2.41. The summed E-state index contributed by atoms with van der Waals surface area (Å²) in [5.74, 6) is -0.631. The molecule has 21 heavy (non-hydrogen) atoms. The molecule has 0 heterocycles. The number of nitrogens with one attached hydrogen (secondary N) is 1. The van der Waals surface area contributed by atoms with Crippen LogP contribution in [0.5, 0.6) is 0 Å². The third-order valence-electron chi connectivity index (χ3n) is 3.18. The summed E-state index contributed by atoms with van der Waals surface area (Å²) in [5, 5.41) is 3.30. The molecule has 1 aromatic rings. The molecule has 0 aromatic heterocycles. The van der Waals surface area contributed by atoms with E-state index in [1.165, 1.54) is 6.07 Å². The Balaban J connectivity index is 2.29. The number of rotatable bonds is 5. The van der Waals surface area contributed by atoms with Crippen LogP contribution in [0.4, 0.5) is 18.9 Å². The average Bonchev–Trinajstić information content (AvgIpc) is 3.21. The van der Waals surface area contributed by atoms with Crippen LogP contribution in [0.25, 0.3) is 0 Å². The largest absolute Gasteiger partial charge is 0.406 e. The lowest BCUT2D eigenvalue weighted by atomic mass is 10.1. The van der Waals surface area contributed by atoms with Gasteiger partial charge in [-0.2, -0.15) is 13.2 Å². The van der Waals surface area contributed by atoms with Gasteiger partial charge in [0.15, 0.2) is 0 Å². The number of carbonyl (C=O) groups excluding carboxylic acids is 1. The van der Waals surface area contributed by atoms with E-state index < -0.39 is 18.6 Å². The molecular formula is C14H16ClF3N2O. The minimum absolute atomic E-state index is 0.181. The van der Waals surface area contributed by atoms with Gasteiger partial charge in [0, 0.05) is 23.3 Å². The van der Waals surface area contributed by atoms with Crippen molar-refractivity contribution in [2.24, 2.45) is 0 Å². The Morgan fingerprint density at radius 3 is 2.62 bits per heavy atom. The Morgan fingerprint density at radius 2 is 2.10 bits per heavy atom. The summed E-state index contributed by atoms with van der Waals surface area (Å²) in [7, 11) is 0. The first-order chi connectivity index (χ1) is 9.81. The number of hydrogen-bond donors (Lipinski definition) is 1. The smallest absolute Gasteiger partial charge is 0.385 e. The molecule has 1 aliphatic carbocycles. The van der Waals surface area contributed by atoms with Crippen molar-refractivity contribution in [2.45, 2.75) is 32.0 Å². The quantitative estimate of drug-likeness (QED) is 0.891. The Labute approximate surface area is 126 Å². The van der Waals surface area contributed by atoms with Gasteiger partial charge in [0.05, 0.1) is 5.56 Å². The zero-order valence-electron chi connectivity index (χ0n) is 11.5. The number of hydrogen-bond acceptors (Lipinski definition) is 2. The third-order valence-corrected chi connectivity index (χ3v) is 3.41. The average molecular weight is 321 g/mol. The predicted molar refractivity (Wildman–Crippen MR) is 75.7 cm³/mol. The van der Waals surface area contributed by atoms with Crippen LogP contribution in [0, 0.1) is 0 Å². The zero-order valence-corrected chi connectivity index (χ0v) is 12.3. The molecule has 1 saturated carbocycles. The van der Waals surface area contributed by atoms with E-state index in [1.54, 1.807) is 12.1 Å². The standard InChI is InChI=1S/C14H16ClF3N2O/c1-2-19-12-6-3-9(15)7-11(12)13(21)20(10-4-5-10)8-14(16,17)18/h3,6-7,10,19H,2,4-5,8H2,1H3. The highest BCUT2D eigenvalue weighted by atomic mass is 35.5. The highest BCUT2D eigenvalue weighted by molar-refractivity contribution is 6.31. The number of alkyl halides is 3. The monoisotopic (exact) mass is 320 g/mol. The van der Waals surface area contributed by atoms with Gasteiger partial charge in [-0.3, -0.25) is 4.79 Å². The van der Waals surface area contributed by atoms with E-state index >= 15 is 0 Å². The Morgan fingerprint density at radius 1 is 1.43 bits per heavy atom. The highest BCUT2D eigenvalue weighted by Crippen LogP contribution is 2.33. The van der Waals surface area contributed by atoms with Gasteiger partial charge >= 0.3 is 6.18 Å². The lowest BCUT2D eigenvalue weighted by Gasteiger charge is -2.25. The van der Waals surface area contributed by atoms with E-state index in [-0.39, 0.29) is 11.6 Å². The molecule has 1 N–H and O–H groups in total. The van der Waals surface area contributed by atoms with Gasteiger partial charge in [-0.15, -0.1) is 0 Å². The third kappa shape index (κ3) is 4.27. The minimum Gasteiger partial charge on any atom is -0.385 e. The first-order valence-electron chi connectivity index (χ1n) is 6.73. The molecule has 0 radical (unpaired) electrons. The molecule has 0 atom stereocenters. The van der Waals surface area contributed by atoms with Gasteiger partial charge in [0.25, 0.3) is 5.91 Å². The van der Waals surface area contributed by atoms with Gasteiger partial charge in [-0.1, -0.05) is 11.6 Å². The van der Waals surface area contributed by atoms with E-state index in [2.05, 4.69) is 5.32 Å². The lowest BCUT2D eigenvalue weighted by Crippen LogP contribution is -2.40. The molecule has 1 aliphatic rings. The van der Waals surface area contributed by atoms with Crippen molar-refractivity contribution >= 4 is 23.2 Å². The maximum atomic E-state index is 12.7. The number of amides is 1. The number of carbonyl (C=O) groups is 1. The molecule has 0 spiro atoms.